The van der Waals surface area contributed by atoms with Crippen LogP contribution in [0.25, 0.3) is 0 Å². The van der Waals surface area contributed by atoms with Gasteiger partial charge in [-0.3, -0.25) is 4.90 Å². The largest absolute Gasteiger partial charge is 0.301 e. The lowest BCUT2D eigenvalue weighted by Gasteiger charge is -2.33. The van der Waals surface area contributed by atoms with Crippen LogP contribution in [0.5, 0.6) is 0 Å². The number of carbonyl (C=O) groups excluding carboxylic acids is 1. The molecule has 64 valence electrons. The Hall–Kier alpha value is -0.370. The zero-order valence-electron chi connectivity index (χ0n) is 7.63. The highest BCUT2D eigenvalue weighted by molar-refractivity contribution is 5.62. The van der Waals surface area contributed by atoms with E-state index in [1.165, 1.54) is 12.8 Å². The minimum Gasteiger partial charge on any atom is -0.301 e. The minimum absolute atomic E-state index is 0.254. The smallest absolute Gasteiger partial charge is 0.139 e. The highest BCUT2D eigenvalue weighted by atomic mass is 16.1. The normalized spacial score (nSPS) is 27.4. The van der Waals surface area contributed by atoms with Gasteiger partial charge in [0.25, 0.3) is 0 Å². The average Bonchev–Trinajstić information content (AvgIpc) is 2.36. The molecule has 1 unspecified atom stereocenters. The first-order valence-corrected chi connectivity index (χ1v) is 4.31. The van der Waals surface area contributed by atoms with Gasteiger partial charge in [-0.25, -0.2) is 0 Å². The maximum atomic E-state index is 10.7. The number of carbonyl (C=O) groups is 1. The molecule has 2 heteroatoms. The molecule has 1 aliphatic heterocycles. The molecule has 0 saturated carbocycles. The molecule has 0 radical (unpaired) electrons. The molecule has 11 heavy (non-hydrogen) atoms. The second-order valence-electron chi connectivity index (χ2n) is 3.96. The number of hydrogen-bond acceptors (Lipinski definition) is 2. The Morgan fingerprint density at radius 3 is 2.55 bits per heavy atom. The van der Waals surface area contributed by atoms with Gasteiger partial charge in [-0.1, -0.05) is 0 Å². The molecule has 0 aromatic carbocycles. The summed E-state index contributed by atoms with van der Waals surface area (Å²) in [7, 11) is 0. The van der Waals surface area contributed by atoms with Crippen molar-refractivity contribution in [2.24, 2.45) is 0 Å². The summed E-state index contributed by atoms with van der Waals surface area (Å²) in [5, 5.41) is 0. The summed E-state index contributed by atoms with van der Waals surface area (Å²) in [6.45, 7) is 7.24. The predicted octanol–water partition coefficient (Wildman–Crippen LogP) is 1.45. The van der Waals surface area contributed by atoms with E-state index in [0.717, 1.165) is 12.8 Å². The molecule has 2 nitrogen and oxygen atoms in total. The Kier molecular flexibility index (Phi) is 2.33. The van der Waals surface area contributed by atoms with Gasteiger partial charge in [0, 0.05) is 6.04 Å². The molecule has 1 fully saturated rings. The van der Waals surface area contributed by atoms with E-state index in [9.17, 15) is 4.79 Å². The van der Waals surface area contributed by atoms with E-state index < -0.39 is 0 Å². The molecule has 0 aromatic rings. The van der Waals surface area contributed by atoms with E-state index in [-0.39, 0.29) is 5.54 Å². The van der Waals surface area contributed by atoms with Gasteiger partial charge in [0.05, 0.1) is 5.54 Å². The molecule has 1 heterocycles. The van der Waals surface area contributed by atoms with Crippen molar-refractivity contribution in [2.45, 2.75) is 45.2 Å². The van der Waals surface area contributed by atoms with Crippen LogP contribution in [-0.4, -0.2) is 29.3 Å². The van der Waals surface area contributed by atoms with Crippen LogP contribution in [0.1, 0.15) is 33.6 Å². The number of hydrogen-bond donors (Lipinski definition) is 0. The molecule has 0 bridgehead atoms. The second kappa shape index (κ2) is 2.94. The van der Waals surface area contributed by atoms with E-state index >= 15 is 0 Å². The molecule has 0 aliphatic carbocycles. The van der Waals surface area contributed by atoms with Gasteiger partial charge in [-0.15, -0.1) is 0 Å². The number of likely N-dealkylation sites (tertiary alicyclic amines) is 1. The van der Waals surface area contributed by atoms with Gasteiger partial charge < -0.3 is 4.79 Å². The Morgan fingerprint density at radius 1 is 1.55 bits per heavy atom. The maximum absolute atomic E-state index is 10.7. The minimum atomic E-state index is -0.254. The fourth-order valence-corrected chi connectivity index (χ4v) is 1.86. The molecular formula is C9H17NO. The van der Waals surface area contributed by atoms with Gasteiger partial charge in [0.1, 0.15) is 6.29 Å². The third-order valence-electron chi connectivity index (χ3n) is 2.58. The van der Waals surface area contributed by atoms with Crippen LogP contribution in [0.4, 0.5) is 0 Å². The lowest BCUT2D eigenvalue weighted by molar-refractivity contribution is -0.117. The van der Waals surface area contributed by atoms with Crippen LogP contribution < -0.4 is 0 Å². The number of aldehydes is 1. The number of rotatable bonds is 2. The quantitative estimate of drug-likeness (QED) is 0.562. The van der Waals surface area contributed by atoms with Crippen molar-refractivity contribution in [1.82, 2.24) is 4.90 Å². The molecule has 0 amide bonds. The molecule has 1 atom stereocenters. The maximum Gasteiger partial charge on any atom is 0.139 e. The molecule has 0 aromatic heterocycles. The summed E-state index contributed by atoms with van der Waals surface area (Å²) in [5.74, 6) is 0. The Labute approximate surface area is 68.6 Å². The molecule has 0 spiro atoms. The van der Waals surface area contributed by atoms with Crippen molar-refractivity contribution in [1.29, 1.82) is 0 Å². The van der Waals surface area contributed by atoms with Crippen molar-refractivity contribution >= 4 is 6.29 Å². The van der Waals surface area contributed by atoms with Crippen LogP contribution in [0.2, 0.25) is 0 Å². The van der Waals surface area contributed by atoms with Crippen LogP contribution >= 0.6 is 0 Å². The Balaban J connectivity index is 2.65. The summed E-state index contributed by atoms with van der Waals surface area (Å²) in [6, 6.07) is 0.579. The van der Waals surface area contributed by atoms with Gasteiger partial charge in [0.15, 0.2) is 0 Å². The van der Waals surface area contributed by atoms with Gasteiger partial charge in [0.2, 0.25) is 0 Å². The summed E-state index contributed by atoms with van der Waals surface area (Å²) in [5.41, 5.74) is -0.254. The van der Waals surface area contributed by atoms with Crippen molar-refractivity contribution in [3.63, 3.8) is 0 Å². The van der Waals surface area contributed by atoms with Gasteiger partial charge in [-0.05, 0) is 40.2 Å². The molecule has 1 aliphatic rings. The fourth-order valence-electron chi connectivity index (χ4n) is 1.86. The standard InChI is InChI=1S/C9H17NO/c1-8-5-4-6-10(8)9(2,3)7-11/h7-8H,4-6H2,1-3H3. The van der Waals surface area contributed by atoms with E-state index in [2.05, 4.69) is 11.8 Å². The first-order valence-electron chi connectivity index (χ1n) is 4.31. The predicted molar refractivity (Wildman–Crippen MR) is 45.5 cm³/mol. The Bertz CT molecular complexity index is 154. The van der Waals surface area contributed by atoms with E-state index in [1.807, 2.05) is 13.8 Å². The highest BCUT2D eigenvalue weighted by Gasteiger charge is 2.32. The topological polar surface area (TPSA) is 20.3 Å². The summed E-state index contributed by atoms with van der Waals surface area (Å²) < 4.78 is 0. The molecular weight excluding hydrogens is 138 g/mol. The van der Waals surface area contributed by atoms with Crippen molar-refractivity contribution < 1.29 is 4.79 Å². The third-order valence-corrected chi connectivity index (χ3v) is 2.58. The van der Waals surface area contributed by atoms with Crippen LogP contribution in [0.3, 0.4) is 0 Å². The van der Waals surface area contributed by atoms with Crippen LogP contribution in [-0.2, 0) is 4.79 Å². The number of nitrogens with zero attached hydrogens (tertiary/aromatic N) is 1. The second-order valence-corrected chi connectivity index (χ2v) is 3.96. The molecule has 1 rings (SSSR count). The van der Waals surface area contributed by atoms with Crippen molar-refractivity contribution in [2.75, 3.05) is 6.54 Å². The Morgan fingerprint density at radius 2 is 2.18 bits per heavy atom. The molecule has 0 N–H and O–H groups in total. The first kappa shape index (κ1) is 8.72. The SMILES string of the molecule is CC1CCCN1C(C)(C)C=O. The average molecular weight is 155 g/mol. The first-order chi connectivity index (χ1) is 5.08. The lowest BCUT2D eigenvalue weighted by atomic mass is 10.0. The van der Waals surface area contributed by atoms with Crippen LogP contribution in [0.15, 0.2) is 0 Å². The van der Waals surface area contributed by atoms with Crippen molar-refractivity contribution in [3.8, 4) is 0 Å². The summed E-state index contributed by atoms with van der Waals surface area (Å²) in [6.07, 6.45) is 3.52. The third kappa shape index (κ3) is 1.62. The van der Waals surface area contributed by atoms with E-state index in [4.69, 9.17) is 0 Å². The van der Waals surface area contributed by atoms with E-state index in [0.29, 0.717) is 6.04 Å². The van der Waals surface area contributed by atoms with Crippen LogP contribution in [0, 0.1) is 0 Å². The van der Waals surface area contributed by atoms with Gasteiger partial charge >= 0.3 is 0 Å². The summed E-state index contributed by atoms with van der Waals surface area (Å²) in [4.78, 5) is 13.0. The zero-order valence-corrected chi connectivity index (χ0v) is 7.63. The molecule has 1 saturated heterocycles. The highest BCUT2D eigenvalue weighted by Crippen LogP contribution is 2.24. The van der Waals surface area contributed by atoms with Crippen molar-refractivity contribution in [3.05, 3.63) is 0 Å². The van der Waals surface area contributed by atoms with Gasteiger partial charge in [-0.2, -0.15) is 0 Å². The monoisotopic (exact) mass is 155 g/mol. The summed E-state index contributed by atoms with van der Waals surface area (Å²) >= 11 is 0. The lowest BCUT2D eigenvalue weighted by Crippen LogP contribution is -2.46. The van der Waals surface area contributed by atoms with E-state index in [1.54, 1.807) is 0 Å². The zero-order chi connectivity index (χ0) is 8.48. The fraction of sp³-hybridized carbons (Fsp3) is 0.889.